The predicted molar refractivity (Wildman–Crippen MR) is 82.7 cm³/mol. The van der Waals surface area contributed by atoms with Gasteiger partial charge in [0.25, 0.3) is 0 Å². The number of H-pyrrole nitrogens is 1. The lowest BCUT2D eigenvalue weighted by Gasteiger charge is -2.27. The summed E-state index contributed by atoms with van der Waals surface area (Å²) in [6.07, 6.45) is 6.45. The monoisotopic (exact) mass is 291 g/mol. The standard InChI is InChI=1S/C15H21N3OS/c1-3-15(8-4-5-9-15)10-18-13-11(16-14(18)20)6-7-12(17-13)19-2/h6-7H,3-5,8-10H2,1-2H3,(H,16,20). The van der Waals surface area contributed by atoms with Gasteiger partial charge in [0.05, 0.1) is 12.6 Å². The molecule has 1 fully saturated rings. The molecule has 1 aliphatic carbocycles. The Balaban J connectivity index is 2.06. The van der Waals surface area contributed by atoms with Gasteiger partial charge in [-0.2, -0.15) is 4.98 Å². The molecule has 1 N–H and O–H groups in total. The zero-order chi connectivity index (χ0) is 14.2. The van der Waals surface area contributed by atoms with E-state index in [0.717, 1.165) is 22.5 Å². The minimum atomic E-state index is 0.387. The molecule has 0 spiro atoms. The number of rotatable bonds is 4. The van der Waals surface area contributed by atoms with Gasteiger partial charge in [0, 0.05) is 12.6 Å². The van der Waals surface area contributed by atoms with Crippen LogP contribution >= 0.6 is 12.2 Å². The molecule has 0 bridgehead atoms. The third-order valence-corrected chi connectivity index (χ3v) is 5.03. The van der Waals surface area contributed by atoms with Gasteiger partial charge in [0.1, 0.15) is 0 Å². The van der Waals surface area contributed by atoms with E-state index < -0.39 is 0 Å². The van der Waals surface area contributed by atoms with E-state index >= 15 is 0 Å². The summed E-state index contributed by atoms with van der Waals surface area (Å²) in [7, 11) is 1.64. The molecule has 0 atom stereocenters. The number of pyridine rings is 1. The maximum Gasteiger partial charge on any atom is 0.215 e. The molecule has 0 unspecified atom stereocenters. The third-order valence-electron chi connectivity index (χ3n) is 4.71. The number of methoxy groups -OCH3 is 1. The highest BCUT2D eigenvalue weighted by molar-refractivity contribution is 7.71. The number of ether oxygens (including phenoxy) is 1. The summed E-state index contributed by atoms with van der Waals surface area (Å²) >= 11 is 5.49. The van der Waals surface area contributed by atoms with Gasteiger partial charge in [-0.15, -0.1) is 0 Å². The Hall–Kier alpha value is -1.36. The smallest absolute Gasteiger partial charge is 0.215 e. The summed E-state index contributed by atoms with van der Waals surface area (Å²) in [6, 6.07) is 3.85. The van der Waals surface area contributed by atoms with Crippen molar-refractivity contribution in [3.05, 3.63) is 16.9 Å². The topological polar surface area (TPSA) is 42.8 Å². The van der Waals surface area contributed by atoms with Crippen molar-refractivity contribution in [1.29, 1.82) is 0 Å². The lowest BCUT2D eigenvalue weighted by Crippen LogP contribution is -2.23. The zero-order valence-electron chi connectivity index (χ0n) is 12.1. The van der Waals surface area contributed by atoms with E-state index in [2.05, 4.69) is 21.5 Å². The van der Waals surface area contributed by atoms with Crippen molar-refractivity contribution in [2.75, 3.05) is 7.11 Å². The van der Waals surface area contributed by atoms with E-state index in [4.69, 9.17) is 17.0 Å². The number of fused-ring (bicyclic) bond motifs is 1. The third kappa shape index (κ3) is 2.24. The van der Waals surface area contributed by atoms with Gasteiger partial charge < -0.3 is 14.3 Å². The molecule has 0 aromatic carbocycles. The summed E-state index contributed by atoms with van der Waals surface area (Å²) < 4.78 is 8.15. The van der Waals surface area contributed by atoms with E-state index in [1.165, 1.54) is 32.1 Å². The molecule has 1 aliphatic rings. The maximum absolute atomic E-state index is 5.49. The highest BCUT2D eigenvalue weighted by Crippen LogP contribution is 2.42. The second-order valence-electron chi connectivity index (χ2n) is 5.80. The van der Waals surface area contributed by atoms with Gasteiger partial charge in [0.2, 0.25) is 5.88 Å². The minimum Gasteiger partial charge on any atom is -0.481 e. The van der Waals surface area contributed by atoms with Gasteiger partial charge in [-0.05, 0) is 43.0 Å². The van der Waals surface area contributed by atoms with Crippen molar-refractivity contribution in [1.82, 2.24) is 14.5 Å². The first-order valence-electron chi connectivity index (χ1n) is 7.31. The molecule has 4 nitrogen and oxygen atoms in total. The molecular formula is C15H21N3OS. The number of aromatic nitrogens is 3. The molecule has 5 heteroatoms. The fourth-order valence-corrected chi connectivity index (χ4v) is 3.62. The summed E-state index contributed by atoms with van der Waals surface area (Å²) in [5, 5.41) is 0. The van der Waals surface area contributed by atoms with Crippen molar-refractivity contribution in [3.63, 3.8) is 0 Å². The van der Waals surface area contributed by atoms with E-state index in [9.17, 15) is 0 Å². The molecule has 108 valence electrons. The molecule has 2 aromatic rings. The zero-order valence-corrected chi connectivity index (χ0v) is 12.9. The molecule has 2 aromatic heterocycles. The Kier molecular flexibility index (Phi) is 3.54. The van der Waals surface area contributed by atoms with Gasteiger partial charge in [-0.3, -0.25) is 0 Å². The lowest BCUT2D eigenvalue weighted by atomic mass is 9.83. The van der Waals surface area contributed by atoms with E-state index in [0.29, 0.717) is 11.3 Å². The normalized spacial score (nSPS) is 17.7. The first-order valence-corrected chi connectivity index (χ1v) is 7.72. The average Bonchev–Trinajstić information content (AvgIpc) is 3.05. The average molecular weight is 291 g/mol. The molecule has 2 heterocycles. The molecule has 0 radical (unpaired) electrons. The summed E-state index contributed by atoms with van der Waals surface area (Å²) in [5.74, 6) is 0.636. The largest absolute Gasteiger partial charge is 0.481 e. The number of nitrogens with one attached hydrogen (secondary N) is 1. The number of aromatic amines is 1. The Labute approximate surface area is 124 Å². The van der Waals surface area contributed by atoms with Crippen LogP contribution in [0, 0.1) is 10.2 Å². The van der Waals surface area contributed by atoms with E-state index in [1.54, 1.807) is 7.11 Å². The van der Waals surface area contributed by atoms with Crippen LogP contribution in [0.5, 0.6) is 5.88 Å². The Morgan fingerprint density at radius 2 is 2.15 bits per heavy atom. The Morgan fingerprint density at radius 1 is 1.40 bits per heavy atom. The SMILES string of the molecule is CCC1(Cn2c(=S)[nH]c3ccc(OC)nc32)CCCC1. The second kappa shape index (κ2) is 5.20. The first-order chi connectivity index (χ1) is 9.67. The summed E-state index contributed by atoms with van der Waals surface area (Å²) in [4.78, 5) is 7.82. The van der Waals surface area contributed by atoms with Crippen LogP contribution in [-0.4, -0.2) is 21.6 Å². The maximum atomic E-state index is 5.49. The van der Waals surface area contributed by atoms with Crippen LogP contribution in [-0.2, 0) is 6.54 Å². The van der Waals surface area contributed by atoms with E-state index in [1.807, 2.05) is 12.1 Å². The molecular weight excluding hydrogens is 270 g/mol. The van der Waals surface area contributed by atoms with Crippen LogP contribution < -0.4 is 4.74 Å². The highest BCUT2D eigenvalue weighted by atomic mass is 32.1. The van der Waals surface area contributed by atoms with Crippen molar-refractivity contribution in [3.8, 4) is 5.88 Å². The summed E-state index contributed by atoms with van der Waals surface area (Å²) in [5.41, 5.74) is 2.28. The van der Waals surface area contributed by atoms with Gasteiger partial charge >= 0.3 is 0 Å². The molecule has 20 heavy (non-hydrogen) atoms. The van der Waals surface area contributed by atoms with Gasteiger partial charge in [-0.1, -0.05) is 19.8 Å². The fraction of sp³-hybridized carbons (Fsp3) is 0.600. The number of imidazole rings is 1. The number of hydrogen-bond acceptors (Lipinski definition) is 3. The molecule has 1 saturated carbocycles. The Bertz CT molecular complexity index is 667. The van der Waals surface area contributed by atoms with Crippen LogP contribution in [0.25, 0.3) is 11.2 Å². The van der Waals surface area contributed by atoms with Crippen LogP contribution in [0.2, 0.25) is 0 Å². The van der Waals surface area contributed by atoms with Crippen molar-refractivity contribution >= 4 is 23.4 Å². The van der Waals surface area contributed by atoms with Crippen LogP contribution in [0.15, 0.2) is 12.1 Å². The second-order valence-corrected chi connectivity index (χ2v) is 6.19. The van der Waals surface area contributed by atoms with Crippen LogP contribution in [0.1, 0.15) is 39.0 Å². The molecule has 0 aliphatic heterocycles. The first kappa shape index (κ1) is 13.6. The molecule has 3 rings (SSSR count). The highest BCUT2D eigenvalue weighted by Gasteiger charge is 2.33. The number of nitrogens with zero attached hydrogens (tertiary/aromatic N) is 2. The van der Waals surface area contributed by atoms with Gasteiger partial charge in [-0.25, -0.2) is 0 Å². The minimum absolute atomic E-state index is 0.387. The summed E-state index contributed by atoms with van der Waals surface area (Å²) in [6.45, 7) is 3.25. The van der Waals surface area contributed by atoms with Gasteiger partial charge in [0.15, 0.2) is 10.4 Å². The number of hydrogen-bond donors (Lipinski definition) is 1. The van der Waals surface area contributed by atoms with Crippen LogP contribution in [0.3, 0.4) is 0 Å². The predicted octanol–water partition coefficient (Wildman–Crippen LogP) is 4.07. The van der Waals surface area contributed by atoms with E-state index in [-0.39, 0.29) is 0 Å². The quantitative estimate of drug-likeness (QED) is 0.863. The van der Waals surface area contributed by atoms with Crippen molar-refractivity contribution in [2.45, 2.75) is 45.6 Å². The molecule has 0 saturated heterocycles. The fourth-order valence-electron chi connectivity index (χ4n) is 3.36. The van der Waals surface area contributed by atoms with Crippen molar-refractivity contribution in [2.24, 2.45) is 5.41 Å². The van der Waals surface area contributed by atoms with Crippen LogP contribution in [0.4, 0.5) is 0 Å². The lowest BCUT2D eigenvalue weighted by molar-refractivity contribution is 0.239. The Morgan fingerprint density at radius 3 is 2.80 bits per heavy atom. The molecule has 0 amide bonds. The van der Waals surface area contributed by atoms with Crippen molar-refractivity contribution < 1.29 is 4.74 Å².